The van der Waals surface area contributed by atoms with E-state index >= 15 is 0 Å². The molecule has 0 saturated carbocycles. The average molecular weight is 209 g/mol. The molecule has 6 heteroatoms. The van der Waals surface area contributed by atoms with Crippen molar-refractivity contribution in [2.75, 3.05) is 0 Å². The van der Waals surface area contributed by atoms with E-state index in [0.717, 1.165) is 11.9 Å². The Hall–Kier alpha value is -1.82. The van der Waals surface area contributed by atoms with Crippen LogP contribution >= 0.6 is 12.2 Å². The van der Waals surface area contributed by atoms with Crippen molar-refractivity contribution >= 4 is 29.9 Å². The fourth-order valence-corrected chi connectivity index (χ4v) is 0.813. The molecule has 1 rings (SSSR count). The Bertz CT molecular complexity index is 309. The molecule has 0 spiro atoms. The first kappa shape index (κ1) is 12.2. The number of aromatic nitrogens is 1. The van der Waals surface area contributed by atoms with Crippen molar-refractivity contribution in [2.24, 2.45) is 16.5 Å². The topological polar surface area (TPSA) is 101 Å². The van der Waals surface area contributed by atoms with Gasteiger partial charge >= 0.3 is 0 Å². The zero-order chi connectivity index (χ0) is 10.8. The maximum absolute atomic E-state index is 5.86. The normalized spacial score (nSPS) is 8.86. The summed E-state index contributed by atoms with van der Waals surface area (Å²) in [7, 11) is 0. The van der Waals surface area contributed by atoms with Crippen LogP contribution in [0, 0.1) is 5.41 Å². The van der Waals surface area contributed by atoms with Gasteiger partial charge in [0.1, 0.15) is 4.99 Å². The van der Waals surface area contributed by atoms with Crippen LogP contribution in [0.5, 0.6) is 0 Å². The van der Waals surface area contributed by atoms with Gasteiger partial charge in [0.15, 0.2) is 0 Å². The minimum atomic E-state index is 0.459. The zero-order valence-electron chi connectivity index (χ0n) is 7.42. The van der Waals surface area contributed by atoms with Gasteiger partial charge in [0, 0.05) is 18.0 Å². The van der Waals surface area contributed by atoms with Gasteiger partial charge in [-0.3, -0.25) is 10.4 Å². The summed E-state index contributed by atoms with van der Waals surface area (Å²) in [6, 6.07) is 3.63. The molecule has 5 nitrogen and oxygen atoms in total. The SMILES string of the molecule is N=CN.NC=NC(=S)c1cccnc1. The minimum absolute atomic E-state index is 0.459. The Morgan fingerprint density at radius 2 is 2.21 bits per heavy atom. The lowest BCUT2D eigenvalue weighted by Crippen LogP contribution is -1.97. The summed E-state index contributed by atoms with van der Waals surface area (Å²) in [5, 5.41) is 5.86. The van der Waals surface area contributed by atoms with Gasteiger partial charge in [-0.2, -0.15) is 0 Å². The van der Waals surface area contributed by atoms with Gasteiger partial charge < -0.3 is 11.5 Å². The lowest BCUT2D eigenvalue weighted by molar-refractivity contribution is 1.32. The highest BCUT2D eigenvalue weighted by Crippen LogP contribution is 1.98. The fraction of sp³-hybridized carbons (Fsp3) is 0. The van der Waals surface area contributed by atoms with Crippen LogP contribution in [0.3, 0.4) is 0 Å². The van der Waals surface area contributed by atoms with Crippen LogP contribution in [0.25, 0.3) is 0 Å². The second-order valence-corrected chi connectivity index (χ2v) is 2.38. The van der Waals surface area contributed by atoms with Crippen LogP contribution in [-0.4, -0.2) is 22.6 Å². The van der Waals surface area contributed by atoms with E-state index in [1.54, 1.807) is 18.5 Å². The molecule has 1 aromatic heterocycles. The minimum Gasteiger partial charge on any atom is -0.390 e. The molecule has 0 saturated heterocycles. The number of aliphatic imine (C=N–C) groups is 1. The van der Waals surface area contributed by atoms with Crippen LogP contribution in [0.2, 0.25) is 0 Å². The monoisotopic (exact) mass is 209 g/mol. The number of nitrogens with one attached hydrogen (secondary N) is 1. The van der Waals surface area contributed by atoms with Gasteiger partial charge in [-0.05, 0) is 12.1 Å². The number of hydrogen-bond donors (Lipinski definition) is 3. The number of hydrogen-bond acceptors (Lipinski definition) is 3. The average Bonchev–Trinajstić information content (AvgIpc) is 2.21. The highest BCUT2D eigenvalue weighted by molar-refractivity contribution is 7.80. The molecule has 74 valence electrons. The molecule has 1 aromatic rings. The van der Waals surface area contributed by atoms with Crippen LogP contribution in [0.1, 0.15) is 5.56 Å². The highest BCUT2D eigenvalue weighted by Gasteiger charge is 1.94. The van der Waals surface area contributed by atoms with E-state index in [9.17, 15) is 0 Å². The van der Waals surface area contributed by atoms with Crippen LogP contribution in [-0.2, 0) is 0 Å². The third-order valence-electron chi connectivity index (χ3n) is 1.10. The van der Waals surface area contributed by atoms with Gasteiger partial charge in [-0.25, -0.2) is 4.99 Å². The summed E-state index contributed by atoms with van der Waals surface area (Å²) in [6.45, 7) is 0. The van der Waals surface area contributed by atoms with E-state index in [2.05, 4.69) is 15.7 Å². The Morgan fingerprint density at radius 1 is 1.57 bits per heavy atom. The Kier molecular flexibility index (Phi) is 6.79. The molecule has 1 heterocycles. The lowest BCUT2D eigenvalue weighted by Gasteiger charge is -1.93. The molecule has 0 unspecified atom stereocenters. The molecule has 0 fully saturated rings. The number of thiocarbonyl (C=S) groups is 1. The first-order chi connectivity index (χ1) is 6.76. The van der Waals surface area contributed by atoms with Gasteiger partial charge in [0.05, 0.1) is 12.7 Å². The maximum atomic E-state index is 5.86. The molecule has 0 amide bonds. The summed E-state index contributed by atoms with van der Waals surface area (Å²) in [4.78, 5) is 8.08. The van der Waals surface area contributed by atoms with E-state index < -0.39 is 0 Å². The molecule has 14 heavy (non-hydrogen) atoms. The molecular formula is C8H11N5S. The molecule has 0 aliphatic carbocycles. The van der Waals surface area contributed by atoms with Gasteiger partial charge in [-0.1, -0.05) is 12.2 Å². The molecule has 0 bridgehead atoms. The standard InChI is InChI=1S/C7H7N3S.CH4N2/c8-5-10-7(11)6-2-1-3-9-4-6;2-1-3/h1-5H,(H2,8,10,11);1H,(H3,2,3). The predicted molar refractivity (Wildman–Crippen MR) is 61.6 cm³/mol. The van der Waals surface area contributed by atoms with E-state index in [-0.39, 0.29) is 0 Å². The molecule has 0 aliphatic heterocycles. The molecule has 0 radical (unpaired) electrons. The Labute approximate surface area is 87.4 Å². The first-order valence-corrected chi connectivity index (χ1v) is 4.06. The fourth-order valence-electron chi connectivity index (χ4n) is 0.631. The molecule has 5 N–H and O–H groups in total. The van der Waals surface area contributed by atoms with Crippen molar-refractivity contribution in [3.63, 3.8) is 0 Å². The van der Waals surface area contributed by atoms with Gasteiger partial charge in [0.25, 0.3) is 0 Å². The maximum Gasteiger partial charge on any atom is 0.136 e. The second-order valence-electron chi connectivity index (χ2n) is 1.99. The Balaban J connectivity index is 0.000000500. The van der Waals surface area contributed by atoms with Crippen LogP contribution < -0.4 is 11.5 Å². The van der Waals surface area contributed by atoms with Gasteiger partial charge in [0.2, 0.25) is 0 Å². The zero-order valence-corrected chi connectivity index (χ0v) is 8.24. The number of nitrogens with zero attached hydrogens (tertiary/aromatic N) is 2. The van der Waals surface area contributed by atoms with Crippen LogP contribution in [0.4, 0.5) is 0 Å². The van der Waals surface area contributed by atoms with E-state index in [4.69, 9.17) is 23.4 Å². The van der Waals surface area contributed by atoms with Crippen molar-refractivity contribution in [3.8, 4) is 0 Å². The van der Waals surface area contributed by atoms with Crippen molar-refractivity contribution in [1.82, 2.24) is 4.98 Å². The van der Waals surface area contributed by atoms with Crippen molar-refractivity contribution in [2.45, 2.75) is 0 Å². The molecular weight excluding hydrogens is 198 g/mol. The van der Waals surface area contributed by atoms with E-state index in [1.165, 1.54) is 6.34 Å². The Morgan fingerprint density at radius 3 is 2.64 bits per heavy atom. The summed E-state index contributed by atoms with van der Waals surface area (Å²) in [5.41, 5.74) is 10.3. The van der Waals surface area contributed by atoms with Crippen molar-refractivity contribution in [3.05, 3.63) is 30.1 Å². The summed E-state index contributed by atoms with van der Waals surface area (Å²) in [5.74, 6) is 0. The molecule has 0 aromatic carbocycles. The molecule has 0 aliphatic rings. The summed E-state index contributed by atoms with van der Waals surface area (Å²) >= 11 is 4.90. The number of pyridine rings is 1. The largest absolute Gasteiger partial charge is 0.390 e. The second kappa shape index (κ2) is 7.81. The smallest absolute Gasteiger partial charge is 0.136 e. The van der Waals surface area contributed by atoms with E-state index in [1.807, 2.05) is 6.07 Å². The van der Waals surface area contributed by atoms with Crippen molar-refractivity contribution in [1.29, 1.82) is 5.41 Å². The first-order valence-electron chi connectivity index (χ1n) is 3.65. The predicted octanol–water partition coefficient (Wildman–Crippen LogP) is 0.296. The lowest BCUT2D eigenvalue weighted by atomic mass is 10.3. The summed E-state index contributed by atoms with van der Waals surface area (Å²) < 4.78 is 0. The summed E-state index contributed by atoms with van der Waals surface area (Å²) in [6.07, 6.45) is 5.25. The third-order valence-corrected chi connectivity index (χ3v) is 1.44. The van der Waals surface area contributed by atoms with Crippen molar-refractivity contribution < 1.29 is 0 Å². The van der Waals surface area contributed by atoms with E-state index in [0.29, 0.717) is 4.99 Å². The molecule has 0 atom stereocenters. The third kappa shape index (κ3) is 4.94. The quantitative estimate of drug-likeness (QED) is 0.351. The van der Waals surface area contributed by atoms with Gasteiger partial charge in [-0.15, -0.1) is 0 Å². The van der Waals surface area contributed by atoms with Crippen LogP contribution in [0.15, 0.2) is 29.5 Å². The number of nitrogens with two attached hydrogens (primary N) is 2. The number of rotatable bonds is 1. The highest BCUT2D eigenvalue weighted by atomic mass is 32.1.